The molecule has 2 aliphatic heterocycles. The van der Waals surface area contributed by atoms with Crippen LogP contribution in [0.5, 0.6) is 0 Å². The Labute approximate surface area is 112 Å². The van der Waals surface area contributed by atoms with Crippen molar-refractivity contribution in [2.75, 3.05) is 6.54 Å². The number of hydrogen-bond donors (Lipinski definition) is 1. The summed E-state index contributed by atoms with van der Waals surface area (Å²) in [7, 11) is 0. The molecule has 0 saturated carbocycles. The molecular weight excluding hydrogens is 240 g/mol. The number of benzene rings is 1. The molecule has 1 aromatic rings. The highest BCUT2D eigenvalue weighted by atomic mass is 16.2. The van der Waals surface area contributed by atoms with Gasteiger partial charge in [-0.2, -0.15) is 0 Å². The minimum atomic E-state index is -0.228. The quantitative estimate of drug-likeness (QED) is 0.820. The Hall–Kier alpha value is -2.10. The van der Waals surface area contributed by atoms with Crippen molar-refractivity contribution in [2.24, 2.45) is 0 Å². The van der Waals surface area contributed by atoms with Crippen LogP contribution in [-0.4, -0.2) is 23.3 Å². The first-order chi connectivity index (χ1) is 9.20. The van der Waals surface area contributed by atoms with Gasteiger partial charge in [0.15, 0.2) is 0 Å². The Balaban J connectivity index is 1.92. The van der Waals surface area contributed by atoms with E-state index < -0.39 is 0 Å². The highest BCUT2D eigenvalue weighted by Gasteiger charge is 2.41. The average Bonchev–Trinajstić information content (AvgIpc) is 2.72. The van der Waals surface area contributed by atoms with E-state index in [2.05, 4.69) is 5.32 Å². The van der Waals surface area contributed by atoms with E-state index in [9.17, 15) is 9.59 Å². The summed E-state index contributed by atoms with van der Waals surface area (Å²) in [5.41, 5.74) is 2.14. The molecule has 0 spiro atoms. The Bertz CT molecular complexity index is 535. The lowest BCUT2D eigenvalue weighted by molar-refractivity contribution is -0.140. The molecule has 0 aromatic heterocycles. The van der Waals surface area contributed by atoms with Crippen LogP contribution < -0.4 is 5.32 Å². The highest BCUT2D eigenvalue weighted by molar-refractivity contribution is 6.19. The first-order valence-corrected chi connectivity index (χ1v) is 6.60. The van der Waals surface area contributed by atoms with Crippen LogP contribution in [0, 0.1) is 0 Å². The fourth-order valence-corrected chi connectivity index (χ4v) is 2.72. The summed E-state index contributed by atoms with van der Waals surface area (Å²) in [6, 6.07) is 9.42. The zero-order valence-corrected chi connectivity index (χ0v) is 10.8. The van der Waals surface area contributed by atoms with E-state index in [-0.39, 0.29) is 17.9 Å². The lowest BCUT2D eigenvalue weighted by Gasteiger charge is -2.23. The van der Waals surface area contributed by atoms with Gasteiger partial charge in [-0.1, -0.05) is 30.3 Å². The van der Waals surface area contributed by atoms with Gasteiger partial charge in [0, 0.05) is 12.1 Å². The third-order valence-electron chi connectivity index (χ3n) is 3.79. The van der Waals surface area contributed by atoms with Gasteiger partial charge in [0.25, 0.3) is 11.8 Å². The second-order valence-corrected chi connectivity index (χ2v) is 4.95. The van der Waals surface area contributed by atoms with Crippen molar-refractivity contribution in [2.45, 2.75) is 25.8 Å². The molecule has 3 rings (SSSR count). The van der Waals surface area contributed by atoms with E-state index in [1.54, 1.807) is 0 Å². The topological polar surface area (TPSA) is 49.4 Å². The molecule has 0 fully saturated rings. The maximum absolute atomic E-state index is 12.4. The van der Waals surface area contributed by atoms with E-state index in [1.165, 1.54) is 4.90 Å². The molecule has 0 saturated heterocycles. The summed E-state index contributed by atoms with van der Waals surface area (Å²) in [4.78, 5) is 26.1. The van der Waals surface area contributed by atoms with Crippen molar-refractivity contribution in [3.05, 3.63) is 47.2 Å². The van der Waals surface area contributed by atoms with E-state index in [0.717, 1.165) is 18.5 Å². The molecule has 4 heteroatoms. The molecule has 0 bridgehead atoms. The molecule has 98 valence electrons. The molecule has 2 heterocycles. The largest absolute Gasteiger partial charge is 0.380 e. The highest BCUT2D eigenvalue weighted by Crippen LogP contribution is 2.32. The van der Waals surface area contributed by atoms with Crippen molar-refractivity contribution >= 4 is 11.8 Å². The van der Waals surface area contributed by atoms with Crippen molar-refractivity contribution in [3.8, 4) is 0 Å². The molecule has 1 aromatic carbocycles. The second kappa shape index (κ2) is 4.53. The molecule has 2 amide bonds. The molecule has 0 unspecified atom stereocenters. The summed E-state index contributed by atoms with van der Waals surface area (Å²) >= 11 is 0. The van der Waals surface area contributed by atoms with E-state index in [4.69, 9.17) is 0 Å². The summed E-state index contributed by atoms with van der Waals surface area (Å²) in [5.74, 6) is -0.320. The van der Waals surface area contributed by atoms with Gasteiger partial charge in [0.05, 0.1) is 6.04 Å². The van der Waals surface area contributed by atoms with Crippen molar-refractivity contribution in [1.29, 1.82) is 0 Å². The minimum absolute atomic E-state index is 0.136. The Morgan fingerprint density at radius 3 is 2.58 bits per heavy atom. The Kier molecular flexibility index (Phi) is 2.85. The van der Waals surface area contributed by atoms with Gasteiger partial charge in [0.1, 0.15) is 5.70 Å². The minimum Gasteiger partial charge on any atom is -0.380 e. The molecule has 19 heavy (non-hydrogen) atoms. The lowest BCUT2D eigenvalue weighted by Crippen LogP contribution is -2.35. The standard InChI is InChI=1S/C15H16N2O2/c1-10(11-6-3-2-4-7-11)17-14(18)12-8-5-9-16-13(12)15(17)19/h2-4,6-7,10,16H,5,8-9H2,1H3/t10-/m0/s1. The number of amides is 2. The Morgan fingerprint density at radius 1 is 1.16 bits per heavy atom. The van der Waals surface area contributed by atoms with Crippen LogP contribution in [0.1, 0.15) is 31.4 Å². The van der Waals surface area contributed by atoms with Gasteiger partial charge in [-0.3, -0.25) is 14.5 Å². The average molecular weight is 256 g/mol. The van der Waals surface area contributed by atoms with Gasteiger partial charge < -0.3 is 5.32 Å². The third kappa shape index (κ3) is 1.84. The molecule has 0 aliphatic carbocycles. The van der Waals surface area contributed by atoms with Gasteiger partial charge in [-0.15, -0.1) is 0 Å². The smallest absolute Gasteiger partial charge is 0.277 e. The van der Waals surface area contributed by atoms with Gasteiger partial charge in [-0.05, 0) is 25.3 Å². The van der Waals surface area contributed by atoms with Crippen LogP contribution in [-0.2, 0) is 9.59 Å². The molecule has 4 nitrogen and oxygen atoms in total. The maximum atomic E-state index is 12.4. The number of imide groups is 1. The van der Waals surface area contributed by atoms with Gasteiger partial charge in [0.2, 0.25) is 0 Å². The lowest BCUT2D eigenvalue weighted by atomic mass is 10.1. The summed E-state index contributed by atoms with van der Waals surface area (Å²) in [6.45, 7) is 2.66. The molecule has 1 atom stereocenters. The number of nitrogens with zero attached hydrogens (tertiary/aromatic N) is 1. The van der Waals surface area contributed by atoms with Crippen LogP contribution in [0.15, 0.2) is 41.6 Å². The van der Waals surface area contributed by atoms with E-state index >= 15 is 0 Å². The summed E-state index contributed by atoms with van der Waals surface area (Å²) < 4.78 is 0. The normalized spacial score (nSPS) is 20.4. The van der Waals surface area contributed by atoms with Crippen LogP contribution in [0.2, 0.25) is 0 Å². The Morgan fingerprint density at radius 2 is 1.89 bits per heavy atom. The van der Waals surface area contributed by atoms with Crippen molar-refractivity contribution in [3.63, 3.8) is 0 Å². The number of carbonyl (C=O) groups excluding carboxylic acids is 2. The zero-order chi connectivity index (χ0) is 13.4. The monoisotopic (exact) mass is 256 g/mol. The van der Waals surface area contributed by atoms with Crippen molar-refractivity contribution < 1.29 is 9.59 Å². The van der Waals surface area contributed by atoms with Crippen LogP contribution in [0.25, 0.3) is 0 Å². The zero-order valence-electron chi connectivity index (χ0n) is 10.8. The van der Waals surface area contributed by atoms with Crippen LogP contribution in [0.3, 0.4) is 0 Å². The predicted octanol–water partition coefficient (Wildman–Crippen LogP) is 1.75. The fraction of sp³-hybridized carbons (Fsp3) is 0.333. The first-order valence-electron chi connectivity index (χ1n) is 6.60. The number of hydrogen-bond acceptors (Lipinski definition) is 3. The van der Waals surface area contributed by atoms with Crippen LogP contribution in [0.4, 0.5) is 0 Å². The number of carbonyl (C=O) groups is 2. The maximum Gasteiger partial charge on any atom is 0.277 e. The van der Waals surface area contributed by atoms with E-state index in [0.29, 0.717) is 17.7 Å². The SMILES string of the molecule is C[C@@H](c1ccccc1)N1C(=O)C2=C(NCCC2)C1=O. The molecule has 0 radical (unpaired) electrons. The van der Waals surface area contributed by atoms with Gasteiger partial charge in [-0.25, -0.2) is 0 Å². The van der Waals surface area contributed by atoms with Gasteiger partial charge >= 0.3 is 0 Å². The molecule has 1 N–H and O–H groups in total. The van der Waals surface area contributed by atoms with E-state index in [1.807, 2.05) is 37.3 Å². The second-order valence-electron chi connectivity index (χ2n) is 4.95. The summed E-state index contributed by atoms with van der Waals surface area (Å²) in [6.07, 6.45) is 1.61. The number of rotatable bonds is 2. The molecular formula is C15H16N2O2. The predicted molar refractivity (Wildman–Crippen MR) is 71.0 cm³/mol. The van der Waals surface area contributed by atoms with Crippen molar-refractivity contribution in [1.82, 2.24) is 10.2 Å². The van der Waals surface area contributed by atoms with Crippen LogP contribution >= 0.6 is 0 Å². The fourth-order valence-electron chi connectivity index (χ4n) is 2.72. The first kappa shape index (κ1) is 12.0. The summed E-state index contributed by atoms with van der Waals surface area (Å²) in [5, 5.41) is 3.07. The number of nitrogens with one attached hydrogen (secondary N) is 1. The molecule has 2 aliphatic rings. The third-order valence-corrected chi connectivity index (χ3v) is 3.79.